The first-order chi connectivity index (χ1) is 19.5. The van der Waals surface area contributed by atoms with Gasteiger partial charge in [-0.2, -0.15) is 0 Å². The van der Waals surface area contributed by atoms with Crippen molar-refractivity contribution in [3.8, 4) is 11.5 Å². The fourth-order valence-electron chi connectivity index (χ4n) is 4.98. The number of hydrogen-bond acceptors (Lipinski definition) is 5. The predicted octanol–water partition coefficient (Wildman–Crippen LogP) is 4.86. The van der Waals surface area contributed by atoms with E-state index in [0.717, 1.165) is 50.0 Å². The topological polar surface area (TPSA) is 82.1 Å². The second-order valence-electron chi connectivity index (χ2n) is 10.3. The van der Waals surface area contributed by atoms with E-state index in [1.807, 2.05) is 36.4 Å². The number of carbonyl (C=O) groups excluding carboxylic acids is 2. The average molecular weight is 542 g/mol. The molecule has 1 aliphatic rings. The quantitative estimate of drug-likeness (QED) is 0.320. The van der Waals surface area contributed by atoms with Gasteiger partial charge in [-0.1, -0.05) is 66.7 Å². The summed E-state index contributed by atoms with van der Waals surface area (Å²) in [6, 6.07) is 25.2. The minimum atomic E-state index is -0.219. The Balaban J connectivity index is 1.34. The van der Waals surface area contributed by atoms with Gasteiger partial charge in [0.15, 0.2) is 11.5 Å². The van der Waals surface area contributed by atoms with Gasteiger partial charge in [0.1, 0.15) is 0 Å². The van der Waals surface area contributed by atoms with Crippen LogP contribution in [0, 0.1) is 5.92 Å². The van der Waals surface area contributed by atoms with E-state index in [1.54, 1.807) is 23.1 Å². The summed E-state index contributed by atoms with van der Waals surface area (Å²) in [4.78, 5) is 30.2. The van der Waals surface area contributed by atoms with Gasteiger partial charge in [0.25, 0.3) is 0 Å². The third-order valence-electron chi connectivity index (χ3n) is 7.36. The summed E-state index contributed by atoms with van der Waals surface area (Å²) in [5.41, 5.74) is 3.07. The van der Waals surface area contributed by atoms with Crippen LogP contribution in [0.2, 0.25) is 0 Å². The molecule has 2 N–H and O–H groups in total. The van der Waals surface area contributed by atoms with Crippen LogP contribution in [0.4, 0.5) is 0 Å². The van der Waals surface area contributed by atoms with Crippen molar-refractivity contribution < 1.29 is 19.4 Å². The molecule has 0 aliphatic carbocycles. The highest BCUT2D eigenvalue weighted by Gasteiger charge is 2.22. The van der Waals surface area contributed by atoms with Crippen molar-refractivity contribution in [2.75, 3.05) is 33.3 Å². The van der Waals surface area contributed by atoms with E-state index in [1.165, 1.54) is 24.8 Å². The maximum atomic E-state index is 13.2. The number of nitrogens with zero attached hydrogens (tertiary/aromatic N) is 2. The number of rotatable bonds is 12. The summed E-state index contributed by atoms with van der Waals surface area (Å²) < 4.78 is 5.17. The van der Waals surface area contributed by atoms with Gasteiger partial charge < -0.3 is 20.1 Å². The lowest BCUT2D eigenvalue weighted by atomic mass is 9.93. The fourth-order valence-corrected chi connectivity index (χ4v) is 4.98. The van der Waals surface area contributed by atoms with Gasteiger partial charge in [0.05, 0.1) is 13.7 Å². The zero-order valence-electron chi connectivity index (χ0n) is 23.2. The summed E-state index contributed by atoms with van der Waals surface area (Å²) in [7, 11) is 1.48. The predicted molar refractivity (Wildman–Crippen MR) is 158 cm³/mol. The molecule has 0 saturated carbocycles. The molecule has 40 heavy (non-hydrogen) atoms. The van der Waals surface area contributed by atoms with Crippen LogP contribution in [0.15, 0.2) is 84.9 Å². The number of amides is 2. The van der Waals surface area contributed by atoms with Crippen molar-refractivity contribution in [2.45, 2.75) is 32.4 Å². The Hall–Kier alpha value is -4.10. The molecule has 0 atom stereocenters. The Morgan fingerprint density at radius 1 is 1.00 bits per heavy atom. The maximum Gasteiger partial charge on any atom is 0.247 e. The summed E-state index contributed by atoms with van der Waals surface area (Å²) in [5, 5.41) is 12.8. The highest BCUT2D eigenvalue weighted by atomic mass is 16.5. The lowest BCUT2D eigenvalue weighted by Gasteiger charge is -2.33. The number of methoxy groups -OCH3 is 1. The second kappa shape index (κ2) is 14.9. The monoisotopic (exact) mass is 541 g/mol. The van der Waals surface area contributed by atoms with Crippen molar-refractivity contribution in [3.05, 3.63) is 102 Å². The molecular weight excluding hydrogens is 502 g/mol. The van der Waals surface area contributed by atoms with Gasteiger partial charge >= 0.3 is 0 Å². The van der Waals surface area contributed by atoms with Crippen LogP contribution in [0.25, 0.3) is 6.08 Å². The number of carbonyl (C=O) groups is 2. The average Bonchev–Trinajstić information content (AvgIpc) is 2.99. The molecular formula is C33H39N3O4. The zero-order valence-corrected chi connectivity index (χ0v) is 23.2. The molecule has 0 bridgehead atoms. The molecule has 4 rings (SSSR count). The fraction of sp³-hybridized carbons (Fsp3) is 0.333. The molecule has 0 spiro atoms. The highest BCUT2D eigenvalue weighted by molar-refractivity contribution is 5.94. The SMILES string of the molecule is COc1cc(/C=C/C(=O)N(CCC2CCN(Cc3ccccc3)CC2)CC(=O)NCc2ccccc2)ccc1O. The van der Waals surface area contributed by atoms with E-state index in [2.05, 4.69) is 34.5 Å². The molecule has 7 nitrogen and oxygen atoms in total. The van der Waals surface area contributed by atoms with Crippen molar-refractivity contribution in [1.29, 1.82) is 0 Å². The van der Waals surface area contributed by atoms with Crippen LogP contribution < -0.4 is 10.1 Å². The number of phenols is 1. The van der Waals surface area contributed by atoms with Crippen LogP contribution >= 0.6 is 0 Å². The zero-order chi connectivity index (χ0) is 28.2. The number of ether oxygens (including phenoxy) is 1. The van der Waals surface area contributed by atoms with Gasteiger partial charge in [-0.15, -0.1) is 0 Å². The third kappa shape index (κ3) is 8.99. The van der Waals surface area contributed by atoms with Crippen LogP contribution in [0.5, 0.6) is 11.5 Å². The first-order valence-electron chi connectivity index (χ1n) is 13.9. The lowest BCUT2D eigenvalue weighted by Crippen LogP contribution is -2.41. The molecule has 3 aromatic rings. The minimum Gasteiger partial charge on any atom is -0.504 e. The molecule has 7 heteroatoms. The van der Waals surface area contributed by atoms with Crippen LogP contribution in [-0.4, -0.2) is 60.0 Å². The van der Waals surface area contributed by atoms with Gasteiger partial charge in [-0.05, 0) is 73.2 Å². The number of phenolic OH excluding ortho intramolecular Hbond substituents is 1. The molecule has 0 radical (unpaired) electrons. The first-order valence-corrected chi connectivity index (χ1v) is 13.9. The van der Waals surface area contributed by atoms with E-state index in [4.69, 9.17) is 4.74 Å². The molecule has 3 aromatic carbocycles. The molecule has 210 valence electrons. The number of hydrogen-bond donors (Lipinski definition) is 2. The van der Waals surface area contributed by atoms with E-state index in [9.17, 15) is 14.7 Å². The Morgan fingerprint density at radius 3 is 2.35 bits per heavy atom. The van der Waals surface area contributed by atoms with Gasteiger partial charge in [-0.25, -0.2) is 0 Å². The van der Waals surface area contributed by atoms with Crippen molar-refractivity contribution in [1.82, 2.24) is 15.1 Å². The molecule has 0 unspecified atom stereocenters. The van der Waals surface area contributed by atoms with Crippen LogP contribution in [0.1, 0.15) is 36.0 Å². The van der Waals surface area contributed by atoms with E-state index >= 15 is 0 Å². The number of piperidine rings is 1. The van der Waals surface area contributed by atoms with Crippen LogP contribution in [0.3, 0.4) is 0 Å². The van der Waals surface area contributed by atoms with Crippen molar-refractivity contribution in [2.24, 2.45) is 5.92 Å². The van der Waals surface area contributed by atoms with Crippen LogP contribution in [-0.2, 0) is 22.7 Å². The first kappa shape index (κ1) is 28.9. The summed E-state index contributed by atoms with van der Waals surface area (Å²) in [6.45, 7) is 3.98. The number of nitrogens with one attached hydrogen (secondary N) is 1. The Morgan fingerprint density at radius 2 is 1.68 bits per heavy atom. The summed E-state index contributed by atoms with van der Waals surface area (Å²) in [6.07, 6.45) is 6.19. The van der Waals surface area contributed by atoms with Gasteiger partial charge in [0, 0.05) is 25.7 Å². The van der Waals surface area contributed by atoms with Crippen molar-refractivity contribution in [3.63, 3.8) is 0 Å². The lowest BCUT2D eigenvalue weighted by molar-refractivity contribution is -0.132. The molecule has 1 heterocycles. The second-order valence-corrected chi connectivity index (χ2v) is 10.3. The van der Waals surface area contributed by atoms with Crippen molar-refractivity contribution >= 4 is 17.9 Å². The van der Waals surface area contributed by atoms with E-state index in [-0.39, 0.29) is 24.1 Å². The van der Waals surface area contributed by atoms with E-state index < -0.39 is 0 Å². The minimum absolute atomic E-state index is 0.00174. The van der Waals surface area contributed by atoms with Gasteiger partial charge in [-0.3, -0.25) is 14.5 Å². The Bertz CT molecular complexity index is 1260. The standard InChI is InChI=1S/C33H39N3O4/c1-40-31-22-27(12-14-30(31)37)13-15-33(39)36(25-32(38)34-23-28-8-4-2-5-9-28)21-18-26-16-19-35(20-17-26)24-29-10-6-3-7-11-29/h2-15,22,26,37H,16-21,23-25H2,1H3,(H,34,38)/b15-13+. The number of likely N-dealkylation sites (tertiary alicyclic amines) is 1. The summed E-state index contributed by atoms with van der Waals surface area (Å²) in [5.74, 6) is 0.487. The normalized spacial score (nSPS) is 14.2. The number of aromatic hydroxyl groups is 1. The molecule has 0 aromatic heterocycles. The van der Waals surface area contributed by atoms with Gasteiger partial charge in [0.2, 0.25) is 11.8 Å². The Kier molecular flexibility index (Phi) is 10.8. The third-order valence-corrected chi connectivity index (χ3v) is 7.36. The van der Waals surface area contributed by atoms with E-state index in [0.29, 0.717) is 24.8 Å². The molecule has 1 saturated heterocycles. The highest BCUT2D eigenvalue weighted by Crippen LogP contribution is 2.27. The number of benzene rings is 3. The molecule has 1 fully saturated rings. The maximum absolute atomic E-state index is 13.2. The largest absolute Gasteiger partial charge is 0.504 e. The Labute approximate surface area is 237 Å². The molecule has 1 aliphatic heterocycles. The molecule has 2 amide bonds. The summed E-state index contributed by atoms with van der Waals surface area (Å²) >= 11 is 0. The smallest absolute Gasteiger partial charge is 0.247 e.